The van der Waals surface area contributed by atoms with Crippen molar-refractivity contribution < 1.29 is 18.7 Å². The first-order valence-corrected chi connectivity index (χ1v) is 7.75. The van der Waals surface area contributed by atoms with E-state index in [1.165, 1.54) is 12.3 Å². The fourth-order valence-electron chi connectivity index (χ4n) is 2.16. The van der Waals surface area contributed by atoms with Gasteiger partial charge in [0.25, 0.3) is 0 Å². The maximum Gasteiger partial charge on any atom is 0.340 e. The van der Waals surface area contributed by atoms with Gasteiger partial charge in [-0.15, -0.1) is 0 Å². The van der Waals surface area contributed by atoms with Crippen LogP contribution in [0.4, 0.5) is 5.69 Å². The van der Waals surface area contributed by atoms with Crippen LogP contribution in [-0.4, -0.2) is 18.1 Å². The maximum absolute atomic E-state index is 12.1. The van der Waals surface area contributed by atoms with E-state index >= 15 is 0 Å². The number of hydrogen-bond donors (Lipinski definition) is 1. The molecule has 0 aliphatic rings. The van der Waals surface area contributed by atoms with Crippen LogP contribution < -0.4 is 10.5 Å². The number of aromatic nitrogens is 1. The first-order chi connectivity index (χ1) is 12.1. The fraction of sp³-hybridized carbons (Fsp3) is 0.111. The average Bonchev–Trinajstić information content (AvgIpc) is 3.11. The van der Waals surface area contributed by atoms with Crippen molar-refractivity contribution >= 4 is 23.3 Å². The molecule has 0 spiro atoms. The van der Waals surface area contributed by atoms with Gasteiger partial charge in [0.2, 0.25) is 5.89 Å². The van der Waals surface area contributed by atoms with Crippen LogP contribution in [0.5, 0.6) is 5.75 Å². The molecule has 2 aromatic carbocycles. The number of nitrogen functional groups attached to an aromatic ring is 1. The van der Waals surface area contributed by atoms with Crippen molar-refractivity contribution in [2.45, 2.75) is 6.61 Å². The Bertz CT molecular complexity index is 890. The van der Waals surface area contributed by atoms with Crippen molar-refractivity contribution in [2.75, 3.05) is 12.8 Å². The summed E-state index contributed by atoms with van der Waals surface area (Å²) in [4.78, 5) is 16.4. The summed E-state index contributed by atoms with van der Waals surface area (Å²) in [5.41, 5.74) is 7.55. The predicted molar refractivity (Wildman–Crippen MR) is 93.5 cm³/mol. The molecule has 25 heavy (non-hydrogen) atoms. The summed E-state index contributed by atoms with van der Waals surface area (Å²) in [7, 11) is 1.60. The highest BCUT2D eigenvalue weighted by molar-refractivity contribution is 6.31. The molecule has 6 nitrogen and oxygen atoms in total. The molecule has 0 fully saturated rings. The van der Waals surface area contributed by atoms with Crippen molar-refractivity contribution in [1.29, 1.82) is 0 Å². The smallest absolute Gasteiger partial charge is 0.340 e. The predicted octanol–water partition coefficient (Wildman–Crippen LogP) is 3.94. The van der Waals surface area contributed by atoms with Crippen molar-refractivity contribution in [2.24, 2.45) is 0 Å². The largest absolute Gasteiger partial charge is 0.497 e. The summed E-state index contributed by atoms with van der Waals surface area (Å²) in [5, 5.41) is 0.407. The van der Waals surface area contributed by atoms with Crippen molar-refractivity contribution in [3.63, 3.8) is 0 Å². The van der Waals surface area contributed by atoms with Crippen LogP contribution >= 0.6 is 11.6 Å². The number of carbonyl (C=O) groups excluding carboxylic acids is 1. The van der Waals surface area contributed by atoms with E-state index in [4.69, 9.17) is 31.2 Å². The van der Waals surface area contributed by atoms with E-state index in [0.29, 0.717) is 22.3 Å². The van der Waals surface area contributed by atoms with E-state index in [0.717, 1.165) is 11.3 Å². The van der Waals surface area contributed by atoms with Crippen LogP contribution in [-0.2, 0) is 11.3 Å². The highest BCUT2D eigenvalue weighted by atomic mass is 35.5. The Balaban J connectivity index is 1.67. The Hall–Kier alpha value is -2.99. The number of rotatable bonds is 5. The van der Waals surface area contributed by atoms with Crippen LogP contribution in [0.2, 0.25) is 5.02 Å². The third-order valence-electron chi connectivity index (χ3n) is 3.48. The average molecular weight is 359 g/mol. The third-order valence-corrected chi connectivity index (χ3v) is 3.71. The summed E-state index contributed by atoms with van der Waals surface area (Å²) in [5.74, 6) is 0.591. The zero-order valence-electron chi connectivity index (χ0n) is 13.4. The number of halogens is 1. The first kappa shape index (κ1) is 16.9. The molecule has 3 rings (SSSR count). The molecule has 128 valence electrons. The quantitative estimate of drug-likeness (QED) is 0.549. The van der Waals surface area contributed by atoms with Crippen LogP contribution in [0, 0.1) is 0 Å². The molecule has 0 unspecified atom stereocenters. The lowest BCUT2D eigenvalue weighted by atomic mass is 10.2. The lowest BCUT2D eigenvalue weighted by molar-refractivity contribution is 0.0469. The molecule has 0 saturated heterocycles. The summed E-state index contributed by atoms with van der Waals surface area (Å²) in [6.45, 7) is -0.0373. The molecule has 0 aliphatic heterocycles. The number of nitrogens with zero attached hydrogens (tertiary/aromatic N) is 1. The second-order valence-corrected chi connectivity index (χ2v) is 5.62. The Morgan fingerprint density at radius 2 is 2.00 bits per heavy atom. The molecule has 0 radical (unpaired) electrons. The zero-order chi connectivity index (χ0) is 17.8. The minimum atomic E-state index is -0.575. The molecule has 1 aromatic heterocycles. The Morgan fingerprint density at radius 1 is 1.24 bits per heavy atom. The summed E-state index contributed by atoms with van der Waals surface area (Å²) in [6.07, 6.45) is 1.44. The standard InChI is InChI=1S/C18H15ClN2O4/c1-23-14-5-2-11(3-6-14)17-21-13(9-24-17)10-25-18(22)15-8-12(19)4-7-16(15)20/h2-9H,10,20H2,1H3. The molecular weight excluding hydrogens is 344 g/mol. The zero-order valence-corrected chi connectivity index (χ0v) is 14.1. The number of nitrogens with two attached hydrogens (primary N) is 1. The van der Waals surface area contributed by atoms with Gasteiger partial charge in [0.15, 0.2) is 0 Å². The third kappa shape index (κ3) is 3.92. The Kier molecular flexibility index (Phi) is 4.90. The number of esters is 1. The number of anilines is 1. The fourth-order valence-corrected chi connectivity index (χ4v) is 2.33. The summed E-state index contributed by atoms with van der Waals surface area (Å²) < 4.78 is 15.7. The van der Waals surface area contributed by atoms with Gasteiger partial charge in [-0.3, -0.25) is 0 Å². The highest BCUT2D eigenvalue weighted by Gasteiger charge is 2.14. The van der Waals surface area contributed by atoms with Gasteiger partial charge in [0, 0.05) is 16.3 Å². The van der Waals surface area contributed by atoms with Gasteiger partial charge in [-0.2, -0.15) is 0 Å². The number of carbonyl (C=O) groups is 1. The minimum Gasteiger partial charge on any atom is -0.497 e. The van der Waals surface area contributed by atoms with Gasteiger partial charge < -0.3 is 19.6 Å². The number of ether oxygens (including phenoxy) is 2. The number of benzene rings is 2. The van der Waals surface area contributed by atoms with Gasteiger partial charge >= 0.3 is 5.97 Å². The second kappa shape index (κ2) is 7.27. The van der Waals surface area contributed by atoms with Crippen molar-refractivity contribution in [3.8, 4) is 17.2 Å². The monoisotopic (exact) mass is 358 g/mol. The molecular formula is C18H15ClN2O4. The SMILES string of the molecule is COc1ccc(-c2nc(COC(=O)c3cc(Cl)ccc3N)co2)cc1. The molecule has 0 atom stereocenters. The van der Waals surface area contributed by atoms with Crippen molar-refractivity contribution in [1.82, 2.24) is 4.98 Å². The van der Waals surface area contributed by atoms with E-state index < -0.39 is 5.97 Å². The Labute approximate surface area is 149 Å². The lowest BCUT2D eigenvalue weighted by Crippen LogP contribution is -2.08. The summed E-state index contributed by atoms with van der Waals surface area (Å²) in [6, 6.07) is 11.9. The molecule has 0 amide bonds. The molecule has 2 N–H and O–H groups in total. The minimum absolute atomic E-state index is 0.0373. The van der Waals surface area contributed by atoms with Crippen LogP contribution in [0.1, 0.15) is 16.1 Å². The number of hydrogen-bond acceptors (Lipinski definition) is 6. The number of oxazole rings is 1. The second-order valence-electron chi connectivity index (χ2n) is 5.18. The Morgan fingerprint density at radius 3 is 2.72 bits per heavy atom. The topological polar surface area (TPSA) is 87.6 Å². The van der Waals surface area contributed by atoms with E-state index in [1.54, 1.807) is 31.4 Å². The first-order valence-electron chi connectivity index (χ1n) is 7.38. The van der Waals surface area contributed by atoms with E-state index in [1.807, 2.05) is 12.1 Å². The normalized spacial score (nSPS) is 10.5. The molecule has 0 bridgehead atoms. The molecule has 7 heteroatoms. The summed E-state index contributed by atoms with van der Waals surface area (Å²) >= 11 is 5.87. The van der Waals surface area contributed by atoms with Crippen LogP contribution in [0.15, 0.2) is 53.1 Å². The van der Waals surface area contributed by atoms with Gasteiger partial charge in [-0.25, -0.2) is 9.78 Å². The van der Waals surface area contributed by atoms with Gasteiger partial charge in [-0.1, -0.05) is 11.6 Å². The molecule has 0 aliphatic carbocycles. The van der Waals surface area contributed by atoms with E-state index in [9.17, 15) is 4.79 Å². The van der Waals surface area contributed by atoms with E-state index in [2.05, 4.69) is 4.98 Å². The lowest BCUT2D eigenvalue weighted by Gasteiger charge is -2.05. The molecule has 1 heterocycles. The van der Waals surface area contributed by atoms with Gasteiger partial charge in [-0.05, 0) is 42.5 Å². The highest BCUT2D eigenvalue weighted by Crippen LogP contribution is 2.23. The number of methoxy groups -OCH3 is 1. The van der Waals surface area contributed by atoms with Crippen molar-refractivity contribution in [3.05, 3.63) is 65.0 Å². The van der Waals surface area contributed by atoms with Gasteiger partial charge in [0.1, 0.15) is 24.3 Å². The van der Waals surface area contributed by atoms with E-state index in [-0.39, 0.29) is 12.2 Å². The van der Waals surface area contributed by atoms with Gasteiger partial charge in [0.05, 0.1) is 12.7 Å². The molecule has 3 aromatic rings. The van der Waals surface area contributed by atoms with Crippen LogP contribution in [0.25, 0.3) is 11.5 Å². The maximum atomic E-state index is 12.1. The molecule has 0 saturated carbocycles. The van der Waals surface area contributed by atoms with Crippen LogP contribution in [0.3, 0.4) is 0 Å².